The van der Waals surface area contributed by atoms with Crippen LogP contribution in [0.4, 0.5) is 9.18 Å². The minimum atomic E-state index is -2.35. The second kappa shape index (κ2) is 4.24. The van der Waals surface area contributed by atoms with Crippen LogP contribution in [0.25, 0.3) is 0 Å². The second-order valence-electron chi connectivity index (χ2n) is 2.99. The largest absolute Gasteiger partial charge is 0.462 e. The van der Waals surface area contributed by atoms with Gasteiger partial charge in [0, 0.05) is 7.05 Å². The maximum Gasteiger partial charge on any atom is 0.362 e. The molecular formula is C8H11FN2O4. The topological polar surface area (TPSA) is 66.9 Å². The zero-order chi connectivity index (χ0) is 11.6. The lowest BCUT2D eigenvalue weighted by Crippen LogP contribution is -2.43. The molecule has 1 saturated heterocycles. The molecule has 84 valence electrons. The van der Waals surface area contributed by atoms with Gasteiger partial charge in [0.25, 0.3) is 12.2 Å². The van der Waals surface area contributed by atoms with E-state index < -0.39 is 24.2 Å². The van der Waals surface area contributed by atoms with Crippen LogP contribution in [0.15, 0.2) is 0 Å². The van der Waals surface area contributed by atoms with E-state index in [0.29, 0.717) is 0 Å². The molecule has 0 aromatic heterocycles. The molecule has 0 spiro atoms. The number of alkyl halides is 1. The zero-order valence-corrected chi connectivity index (χ0v) is 8.40. The normalized spacial score (nSPS) is 18.3. The Morgan fingerprint density at radius 2 is 2.20 bits per heavy atom. The smallest absolute Gasteiger partial charge is 0.362 e. The summed E-state index contributed by atoms with van der Waals surface area (Å²) in [5, 5.41) is 0. The summed E-state index contributed by atoms with van der Waals surface area (Å²) in [4.78, 5) is 34.7. The van der Waals surface area contributed by atoms with Crippen molar-refractivity contribution in [1.29, 1.82) is 0 Å². The van der Waals surface area contributed by atoms with E-state index in [9.17, 15) is 18.8 Å². The van der Waals surface area contributed by atoms with Gasteiger partial charge in [-0.2, -0.15) is 0 Å². The zero-order valence-electron chi connectivity index (χ0n) is 8.40. The number of rotatable bonds is 3. The molecule has 1 atom stereocenters. The van der Waals surface area contributed by atoms with Crippen molar-refractivity contribution in [2.45, 2.75) is 13.2 Å². The molecule has 1 rings (SSSR count). The minimum Gasteiger partial charge on any atom is -0.462 e. The summed E-state index contributed by atoms with van der Waals surface area (Å²) < 4.78 is 17.7. The maximum atomic E-state index is 13.3. The van der Waals surface area contributed by atoms with E-state index in [-0.39, 0.29) is 18.1 Å². The highest BCUT2D eigenvalue weighted by Gasteiger charge is 2.42. The van der Waals surface area contributed by atoms with E-state index in [1.165, 1.54) is 14.0 Å². The summed E-state index contributed by atoms with van der Waals surface area (Å²) in [5.41, 5.74) is 0. The highest BCUT2D eigenvalue weighted by Crippen LogP contribution is 2.14. The SMILES string of the molecule is CCOC(=O)C(F)N1C(=O)CN(C)C1=O. The van der Waals surface area contributed by atoms with Crippen molar-refractivity contribution in [3.63, 3.8) is 0 Å². The molecule has 1 fully saturated rings. The first kappa shape index (κ1) is 11.4. The predicted molar refractivity (Wildman–Crippen MR) is 46.4 cm³/mol. The third-order valence-corrected chi connectivity index (χ3v) is 1.88. The van der Waals surface area contributed by atoms with Crippen LogP contribution < -0.4 is 0 Å². The van der Waals surface area contributed by atoms with E-state index in [0.717, 1.165) is 4.90 Å². The molecule has 0 aromatic carbocycles. The molecule has 0 bridgehead atoms. The molecule has 0 aromatic rings. The Hall–Kier alpha value is -1.66. The summed E-state index contributed by atoms with van der Waals surface area (Å²) in [6, 6.07) is -0.833. The number of esters is 1. The molecule has 3 amide bonds. The van der Waals surface area contributed by atoms with Gasteiger partial charge in [-0.1, -0.05) is 0 Å². The van der Waals surface area contributed by atoms with E-state index >= 15 is 0 Å². The second-order valence-corrected chi connectivity index (χ2v) is 2.99. The molecule has 0 N–H and O–H groups in total. The molecular weight excluding hydrogens is 207 g/mol. The third kappa shape index (κ3) is 2.05. The van der Waals surface area contributed by atoms with E-state index in [4.69, 9.17) is 0 Å². The van der Waals surface area contributed by atoms with Crippen molar-refractivity contribution in [2.75, 3.05) is 20.2 Å². The highest BCUT2D eigenvalue weighted by molar-refractivity contribution is 6.04. The molecule has 1 heterocycles. The first-order valence-electron chi connectivity index (χ1n) is 4.37. The number of likely N-dealkylation sites (N-methyl/N-ethyl adjacent to an activating group) is 1. The number of amides is 3. The fourth-order valence-electron chi connectivity index (χ4n) is 1.18. The molecule has 15 heavy (non-hydrogen) atoms. The van der Waals surface area contributed by atoms with Crippen LogP contribution in [0.5, 0.6) is 0 Å². The van der Waals surface area contributed by atoms with Gasteiger partial charge in [-0.05, 0) is 6.92 Å². The first-order chi connectivity index (χ1) is 6.99. The van der Waals surface area contributed by atoms with Crippen molar-refractivity contribution >= 4 is 17.9 Å². The Bertz CT molecular complexity index is 307. The molecule has 7 heteroatoms. The molecule has 1 aliphatic rings. The van der Waals surface area contributed by atoms with Gasteiger partial charge in [-0.15, -0.1) is 0 Å². The van der Waals surface area contributed by atoms with E-state index in [1.54, 1.807) is 0 Å². The number of urea groups is 1. The number of hydrogen-bond donors (Lipinski definition) is 0. The van der Waals surface area contributed by atoms with Crippen LogP contribution in [0.1, 0.15) is 6.92 Å². The standard InChI is InChI=1S/C8H11FN2O4/c1-3-15-7(13)6(9)11-5(12)4-10(2)8(11)14/h6H,3-4H2,1-2H3. The number of ether oxygens (including phenoxy) is 1. The Labute approximate surface area is 85.6 Å². The van der Waals surface area contributed by atoms with E-state index in [2.05, 4.69) is 4.74 Å². The number of nitrogens with zero attached hydrogens (tertiary/aromatic N) is 2. The lowest BCUT2D eigenvalue weighted by atomic mass is 10.5. The number of carbonyl (C=O) groups excluding carboxylic acids is 3. The van der Waals surface area contributed by atoms with Crippen LogP contribution in [0.2, 0.25) is 0 Å². The van der Waals surface area contributed by atoms with Gasteiger partial charge in [0.2, 0.25) is 0 Å². The summed E-state index contributed by atoms with van der Waals surface area (Å²) in [6.45, 7) is 1.27. The van der Waals surface area contributed by atoms with Crippen LogP contribution in [-0.2, 0) is 14.3 Å². The predicted octanol–water partition coefficient (Wildman–Crippen LogP) is -0.261. The fraction of sp³-hybridized carbons (Fsp3) is 0.625. The molecule has 1 unspecified atom stereocenters. The van der Waals surface area contributed by atoms with Crippen molar-refractivity contribution in [3.05, 3.63) is 0 Å². The lowest BCUT2D eigenvalue weighted by molar-refractivity contribution is -0.158. The molecule has 1 aliphatic heterocycles. The Kier molecular flexibility index (Phi) is 3.23. The van der Waals surface area contributed by atoms with Crippen LogP contribution in [0, 0.1) is 0 Å². The quantitative estimate of drug-likeness (QED) is 0.372. The molecule has 6 nitrogen and oxygen atoms in total. The Balaban J connectivity index is 2.75. The van der Waals surface area contributed by atoms with Crippen LogP contribution >= 0.6 is 0 Å². The van der Waals surface area contributed by atoms with Gasteiger partial charge < -0.3 is 9.64 Å². The van der Waals surface area contributed by atoms with Crippen molar-refractivity contribution in [3.8, 4) is 0 Å². The van der Waals surface area contributed by atoms with Crippen molar-refractivity contribution in [2.24, 2.45) is 0 Å². The summed E-state index contributed by atoms with van der Waals surface area (Å²) in [6.07, 6.45) is -2.35. The van der Waals surface area contributed by atoms with Crippen LogP contribution in [0.3, 0.4) is 0 Å². The number of hydrogen-bond acceptors (Lipinski definition) is 4. The fourth-order valence-corrected chi connectivity index (χ4v) is 1.18. The molecule has 0 aliphatic carbocycles. The lowest BCUT2D eigenvalue weighted by Gasteiger charge is -2.16. The average Bonchev–Trinajstić information content (AvgIpc) is 2.41. The van der Waals surface area contributed by atoms with Crippen molar-refractivity contribution in [1.82, 2.24) is 9.80 Å². The van der Waals surface area contributed by atoms with Gasteiger partial charge in [-0.3, -0.25) is 4.79 Å². The third-order valence-electron chi connectivity index (χ3n) is 1.88. The number of imide groups is 1. The van der Waals surface area contributed by atoms with Gasteiger partial charge in [0.05, 0.1) is 6.61 Å². The Morgan fingerprint density at radius 1 is 1.60 bits per heavy atom. The molecule has 0 radical (unpaired) electrons. The highest BCUT2D eigenvalue weighted by atomic mass is 19.1. The minimum absolute atomic E-state index is 0.00862. The van der Waals surface area contributed by atoms with E-state index in [1.807, 2.05) is 0 Å². The van der Waals surface area contributed by atoms with Gasteiger partial charge in [-0.25, -0.2) is 18.9 Å². The maximum absolute atomic E-state index is 13.3. The average molecular weight is 218 g/mol. The summed E-state index contributed by atoms with van der Waals surface area (Å²) in [5.74, 6) is -1.97. The Morgan fingerprint density at radius 3 is 2.60 bits per heavy atom. The summed E-state index contributed by atoms with van der Waals surface area (Å²) in [7, 11) is 1.35. The molecule has 0 saturated carbocycles. The van der Waals surface area contributed by atoms with Gasteiger partial charge >= 0.3 is 12.0 Å². The van der Waals surface area contributed by atoms with Crippen LogP contribution in [-0.4, -0.2) is 54.2 Å². The van der Waals surface area contributed by atoms with Gasteiger partial charge in [0.15, 0.2) is 0 Å². The number of halogens is 1. The van der Waals surface area contributed by atoms with Gasteiger partial charge in [0.1, 0.15) is 6.54 Å². The first-order valence-corrected chi connectivity index (χ1v) is 4.37. The summed E-state index contributed by atoms with van der Waals surface area (Å²) >= 11 is 0. The number of carbonyl (C=O) groups is 3. The monoisotopic (exact) mass is 218 g/mol. The van der Waals surface area contributed by atoms with Crippen molar-refractivity contribution < 1.29 is 23.5 Å².